The van der Waals surface area contributed by atoms with Crippen LogP contribution in [0.15, 0.2) is 66.7 Å². The summed E-state index contributed by atoms with van der Waals surface area (Å²) in [6.45, 7) is 9.45. The highest BCUT2D eigenvalue weighted by Gasteiger charge is 2.47. The van der Waals surface area contributed by atoms with Crippen LogP contribution in [0.5, 0.6) is 0 Å². The third-order valence-electron chi connectivity index (χ3n) is 8.90. The number of fused-ring (bicyclic) bond motifs is 10. The van der Waals surface area contributed by atoms with E-state index in [2.05, 4.69) is 86.7 Å². The van der Waals surface area contributed by atoms with Gasteiger partial charge < -0.3 is 4.40 Å². The van der Waals surface area contributed by atoms with Crippen molar-refractivity contribution in [2.24, 2.45) is 0 Å². The molecular formula is C32H23N3. The predicted octanol–water partition coefficient (Wildman–Crippen LogP) is 7.82. The summed E-state index contributed by atoms with van der Waals surface area (Å²) < 4.78 is 2.28. The molecule has 0 N–H and O–H groups in total. The first-order chi connectivity index (χ1) is 16.8. The van der Waals surface area contributed by atoms with E-state index in [-0.39, 0.29) is 10.8 Å². The molecule has 0 spiro atoms. The second-order valence-corrected chi connectivity index (χ2v) is 10.9. The van der Waals surface area contributed by atoms with Crippen LogP contribution in [0.2, 0.25) is 0 Å². The average Bonchev–Trinajstić information content (AvgIpc) is 3.37. The van der Waals surface area contributed by atoms with Gasteiger partial charge in [0.15, 0.2) is 0 Å². The fourth-order valence-electron chi connectivity index (χ4n) is 6.53. The maximum atomic E-state index is 9.68. The van der Waals surface area contributed by atoms with Crippen LogP contribution in [0.1, 0.15) is 49.9 Å². The molecule has 6 aromatic rings. The smallest absolute Gasteiger partial charge is 0.0992 e. The molecule has 3 nitrogen and oxygen atoms in total. The lowest BCUT2D eigenvalue weighted by atomic mass is 9.54. The normalized spacial score (nSPS) is 15.8. The van der Waals surface area contributed by atoms with E-state index in [1.165, 1.54) is 38.5 Å². The van der Waals surface area contributed by atoms with Crippen molar-refractivity contribution in [3.8, 4) is 23.3 Å². The number of rotatable bonds is 0. The molecule has 0 aliphatic heterocycles. The summed E-state index contributed by atoms with van der Waals surface area (Å²) >= 11 is 0. The van der Waals surface area contributed by atoms with E-state index in [0.29, 0.717) is 11.1 Å². The molecule has 1 aliphatic rings. The van der Waals surface area contributed by atoms with Gasteiger partial charge in [-0.1, -0.05) is 64.1 Å². The number of nitriles is 2. The van der Waals surface area contributed by atoms with E-state index in [0.717, 1.165) is 21.8 Å². The number of nitrogens with zero attached hydrogens (tertiary/aromatic N) is 3. The number of benzene rings is 4. The number of hydrogen-bond donors (Lipinski definition) is 0. The van der Waals surface area contributed by atoms with Crippen LogP contribution >= 0.6 is 0 Å². The van der Waals surface area contributed by atoms with E-state index >= 15 is 0 Å². The van der Waals surface area contributed by atoms with Gasteiger partial charge in [0.2, 0.25) is 0 Å². The van der Waals surface area contributed by atoms with Gasteiger partial charge in [0.25, 0.3) is 0 Å². The molecule has 7 rings (SSSR count). The molecule has 2 aromatic heterocycles. The van der Waals surface area contributed by atoms with Crippen molar-refractivity contribution in [1.82, 2.24) is 4.40 Å². The van der Waals surface area contributed by atoms with Gasteiger partial charge in [-0.05, 0) is 58.0 Å². The van der Waals surface area contributed by atoms with Crippen molar-refractivity contribution in [1.29, 1.82) is 10.5 Å². The van der Waals surface area contributed by atoms with Crippen molar-refractivity contribution in [3.63, 3.8) is 0 Å². The summed E-state index contributed by atoms with van der Waals surface area (Å²) in [5, 5.41) is 24.1. The van der Waals surface area contributed by atoms with E-state index in [1.54, 1.807) is 0 Å². The summed E-state index contributed by atoms with van der Waals surface area (Å²) in [7, 11) is 0. The molecule has 3 heteroatoms. The van der Waals surface area contributed by atoms with Crippen LogP contribution in [0.3, 0.4) is 0 Å². The Balaban J connectivity index is 1.83. The quantitative estimate of drug-likeness (QED) is 0.237. The van der Waals surface area contributed by atoms with Crippen LogP contribution in [0.4, 0.5) is 0 Å². The summed E-state index contributed by atoms with van der Waals surface area (Å²) in [5.74, 6) is 0. The van der Waals surface area contributed by atoms with E-state index in [4.69, 9.17) is 0 Å². The summed E-state index contributed by atoms with van der Waals surface area (Å²) in [4.78, 5) is 0. The molecule has 0 bridgehead atoms. The molecule has 35 heavy (non-hydrogen) atoms. The van der Waals surface area contributed by atoms with Gasteiger partial charge in [-0.15, -0.1) is 0 Å². The maximum absolute atomic E-state index is 9.68. The van der Waals surface area contributed by atoms with Crippen LogP contribution in [-0.4, -0.2) is 4.40 Å². The molecule has 2 heterocycles. The highest BCUT2D eigenvalue weighted by atomic mass is 14.9. The topological polar surface area (TPSA) is 52.0 Å². The summed E-state index contributed by atoms with van der Waals surface area (Å²) in [6, 6.07) is 27.8. The Morgan fingerprint density at radius 2 is 1.29 bits per heavy atom. The first kappa shape index (κ1) is 20.1. The minimum Gasteiger partial charge on any atom is -0.308 e. The Hall–Kier alpha value is -4.34. The van der Waals surface area contributed by atoms with Gasteiger partial charge in [0.1, 0.15) is 0 Å². The predicted molar refractivity (Wildman–Crippen MR) is 142 cm³/mol. The molecular weight excluding hydrogens is 426 g/mol. The van der Waals surface area contributed by atoms with Crippen molar-refractivity contribution in [3.05, 3.63) is 89.0 Å². The Bertz CT molecular complexity index is 1970. The standard InChI is InChI=1S/C32H23N3/c1-31(2)25-8-6-5-7-20(25)23-15-24-21-11-9-18(16-33)13-26(21)35-27-14-19(17-34)10-12-22(27)28(30(24)35)29(23)32(31,3)4/h5-15H,1-4H3. The lowest BCUT2D eigenvalue weighted by molar-refractivity contribution is 0.301. The second-order valence-electron chi connectivity index (χ2n) is 10.9. The highest BCUT2D eigenvalue weighted by molar-refractivity contribution is 6.26. The minimum atomic E-state index is -0.144. The molecule has 0 atom stereocenters. The monoisotopic (exact) mass is 449 g/mol. The Labute approximate surface area is 203 Å². The molecule has 0 fully saturated rings. The van der Waals surface area contributed by atoms with Crippen molar-refractivity contribution in [2.45, 2.75) is 38.5 Å². The fraction of sp³-hybridized carbons (Fsp3) is 0.188. The molecule has 0 amide bonds. The lowest BCUT2D eigenvalue weighted by Crippen LogP contribution is -2.43. The average molecular weight is 450 g/mol. The van der Waals surface area contributed by atoms with Gasteiger partial charge >= 0.3 is 0 Å². The minimum absolute atomic E-state index is 0.0824. The third kappa shape index (κ3) is 2.20. The van der Waals surface area contributed by atoms with Crippen molar-refractivity contribution in [2.75, 3.05) is 0 Å². The van der Waals surface area contributed by atoms with E-state index < -0.39 is 0 Å². The Morgan fingerprint density at radius 1 is 0.657 bits per heavy atom. The zero-order valence-corrected chi connectivity index (χ0v) is 20.2. The van der Waals surface area contributed by atoms with E-state index in [1.807, 2.05) is 24.3 Å². The van der Waals surface area contributed by atoms with Gasteiger partial charge in [0.05, 0.1) is 39.8 Å². The van der Waals surface area contributed by atoms with Gasteiger partial charge in [-0.3, -0.25) is 0 Å². The molecule has 0 saturated heterocycles. The zero-order valence-electron chi connectivity index (χ0n) is 20.2. The number of aromatic nitrogens is 1. The number of hydrogen-bond acceptors (Lipinski definition) is 2. The first-order valence-corrected chi connectivity index (χ1v) is 12.0. The third-order valence-corrected chi connectivity index (χ3v) is 8.90. The highest BCUT2D eigenvalue weighted by Crippen LogP contribution is 2.58. The molecule has 0 radical (unpaired) electrons. The van der Waals surface area contributed by atoms with Crippen LogP contribution in [0.25, 0.3) is 49.2 Å². The van der Waals surface area contributed by atoms with Crippen LogP contribution < -0.4 is 0 Å². The molecule has 0 saturated carbocycles. The molecule has 4 aromatic carbocycles. The Morgan fingerprint density at radius 3 is 1.97 bits per heavy atom. The molecule has 0 unspecified atom stereocenters. The van der Waals surface area contributed by atoms with E-state index in [9.17, 15) is 10.5 Å². The second kappa shape index (κ2) is 6.21. The van der Waals surface area contributed by atoms with Crippen molar-refractivity contribution < 1.29 is 0 Å². The van der Waals surface area contributed by atoms with Crippen LogP contribution in [0, 0.1) is 22.7 Å². The van der Waals surface area contributed by atoms with Gasteiger partial charge in [-0.2, -0.15) is 10.5 Å². The fourth-order valence-corrected chi connectivity index (χ4v) is 6.53. The molecule has 166 valence electrons. The van der Waals surface area contributed by atoms with Crippen molar-refractivity contribution >= 4 is 38.1 Å². The first-order valence-electron chi connectivity index (χ1n) is 12.0. The summed E-state index contributed by atoms with van der Waals surface area (Å²) in [5.41, 5.74) is 9.59. The SMILES string of the molecule is CC1(C)c2ccccc2-c2cc3c4ccc(C#N)cc4n4c5cc(C#N)ccc5c(c2C1(C)C)c34. The zero-order chi connectivity index (χ0) is 24.3. The van der Waals surface area contributed by atoms with Gasteiger partial charge in [-0.25, -0.2) is 0 Å². The maximum Gasteiger partial charge on any atom is 0.0992 e. The van der Waals surface area contributed by atoms with Gasteiger partial charge in [0, 0.05) is 27.0 Å². The summed E-state index contributed by atoms with van der Waals surface area (Å²) in [6.07, 6.45) is 0. The largest absolute Gasteiger partial charge is 0.308 e. The van der Waals surface area contributed by atoms with Crippen LogP contribution in [-0.2, 0) is 10.8 Å². The Kier molecular flexibility index (Phi) is 3.56. The lowest BCUT2D eigenvalue weighted by Gasteiger charge is -2.48. The molecule has 1 aliphatic carbocycles.